The fourth-order valence-corrected chi connectivity index (χ4v) is 6.95. The highest BCUT2D eigenvalue weighted by atomic mass is 35.5. The molecule has 1 N–H and O–H groups in total. The summed E-state index contributed by atoms with van der Waals surface area (Å²) in [5.41, 5.74) is 0.843. The van der Waals surface area contributed by atoms with Crippen LogP contribution in [0.3, 0.4) is 0 Å². The van der Waals surface area contributed by atoms with Crippen molar-refractivity contribution in [2.75, 3.05) is 25.1 Å². The number of nitrogens with one attached hydrogen (secondary N) is 1. The van der Waals surface area contributed by atoms with Crippen molar-refractivity contribution in [2.45, 2.75) is 62.6 Å². The molecule has 0 spiro atoms. The lowest BCUT2D eigenvalue weighted by Crippen LogP contribution is -2.53. The van der Waals surface area contributed by atoms with E-state index in [1.165, 1.54) is 49.5 Å². The molecule has 0 radical (unpaired) electrons. The topological polar surface area (TPSA) is 105 Å². The molecule has 1 aliphatic rings. The molecule has 12 heteroatoms. The zero-order valence-corrected chi connectivity index (χ0v) is 27.3. The fourth-order valence-electron chi connectivity index (χ4n) is 5.20. The summed E-state index contributed by atoms with van der Waals surface area (Å²) >= 11 is 12.6. The highest BCUT2D eigenvalue weighted by molar-refractivity contribution is 7.92. The second-order valence-electron chi connectivity index (χ2n) is 10.6. The summed E-state index contributed by atoms with van der Waals surface area (Å²) < 4.78 is 39.9. The van der Waals surface area contributed by atoms with E-state index >= 15 is 0 Å². The summed E-state index contributed by atoms with van der Waals surface area (Å²) in [6.45, 7) is 1.05. The zero-order chi connectivity index (χ0) is 31.9. The number of amides is 2. The van der Waals surface area contributed by atoms with Gasteiger partial charge in [-0.25, -0.2) is 8.42 Å². The molecule has 1 saturated carbocycles. The first-order valence-electron chi connectivity index (χ1n) is 14.4. The smallest absolute Gasteiger partial charge is 0.264 e. The minimum Gasteiger partial charge on any atom is -0.493 e. The van der Waals surface area contributed by atoms with Crippen molar-refractivity contribution in [2.24, 2.45) is 0 Å². The average molecular weight is 663 g/mol. The minimum atomic E-state index is -4.32. The number of benzene rings is 3. The van der Waals surface area contributed by atoms with Gasteiger partial charge in [0.15, 0.2) is 11.5 Å². The van der Waals surface area contributed by atoms with Gasteiger partial charge in [-0.2, -0.15) is 0 Å². The number of methoxy groups -OCH3 is 2. The lowest BCUT2D eigenvalue weighted by atomic mass is 9.95. The third-order valence-corrected chi connectivity index (χ3v) is 10.1. The van der Waals surface area contributed by atoms with Crippen LogP contribution in [0.1, 0.15) is 44.6 Å². The molecule has 0 unspecified atom stereocenters. The number of anilines is 1. The van der Waals surface area contributed by atoms with Crippen LogP contribution >= 0.6 is 23.2 Å². The molecule has 236 valence electrons. The van der Waals surface area contributed by atoms with Crippen molar-refractivity contribution < 1.29 is 27.5 Å². The van der Waals surface area contributed by atoms with Crippen LogP contribution in [0.25, 0.3) is 0 Å². The third-order valence-electron chi connectivity index (χ3n) is 7.75. The second-order valence-corrected chi connectivity index (χ2v) is 13.3. The average Bonchev–Trinajstić information content (AvgIpc) is 3.03. The van der Waals surface area contributed by atoms with Crippen molar-refractivity contribution in [3.63, 3.8) is 0 Å². The van der Waals surface area contributed by atoms with Gasteiger partial charge in [0.1, 0.15) is 12.6 Å². The van der Waals surface area contributed by atoms with Crippen LogP contribution in [0.5, 0.6) is 11.5 Å². The number of hydrogen-bond acceptors (Lipinski definition) is 6. The predicted octanol–water partition coefficient (Wildman–Crippen LogP) is 6.07. The number of rotatable bonds is 12. The molecule has 9 nitrogen and oxygen atoms in total. The van der Waals surface area contributed by atoms with Crippen molar-refractivity contribution in [3.05, 3.63) is 82.3 Å². The molecule has 3 aromatic carbocycles. The summed E-state index contributed by atoms with van der Waals surface area (Å²) in [5, 5.41) is 3.92. The monoisotopic (exact) mass is 661 g/mol. The molecule has 2 amide bonds. The number of carbonyl (C=O) groups is 2. The summed E-state index contributed by atoms with van der Waals surface area (Å²) in [7, 11) is -1.47. The Morgan fingerprint density at radius 1 is 0.932 bits per heavy atom. The maximum Gasteiger partial charge on any atom is 0.264 e. The molecule has 1 aliphatic carbocycles. The van der Waals surface area contributed by atoms with Gasteiger partial charge in [0.05, 0.1) is 24.8 Å². The SMILES string of the molecule is COc1ccc(S(=O)(=O)N(CC(=O)N(Cc2ccccc2Cl)[C@H](C)C(=O)NC2CCCCC2)c2ccc(Cl)cc2)cc1OC. The van der Waals surface area contributed by atoms with E-state index in [1.54, 1.807) is 43.3 Å². The van der Waals surface area contributed by atoms with Crippen LogP contribution in [0.15, 0.2) is 71.6 Å². The van der Waals surface area contributed by atoms with Gasteiger partial charge in [0.2, 0.25) is 11.8 Å². The van der Waals surface area contributed by atoms with Crippen LogP contribution < -0.4 is 19.1 Å². The molecule has 0 aromatic heterocycles. The van der Waals surface area contributed by atoms with Gasteiger partial charge in [-0.05, 0) is 67.8 Å². The Bertz CT molecular complexity index is 1560. The molecule has 0 saturated heterocycles. The number of sulfonamides is 1. The highest BCUT2D eigenvalue weighted by Crippen LogP contribution is 2.33. The maximum absolute atomic E-state index is 14.2. The Balaban J connectivity index is 1.71. The molecular weight excluding hydrogens is 625 g/mol. The van der Waals surface area contributed by atoms with Crippen LogP contribution in [-0.2, 0) is 26.2 Å². The Morgan fingerprint density at radius 3 is 2.23 bits per heavy atom. The zero-order valence-electron chi connectivity index (χ0n) is 25.0. The van der Waals surface area contributed by atoms with Crippen molar-refractivity contribution in [3.8, 4) is 11.5 Å². The van der Waals surface area contributed by atoms with Gasteiger partial charge in [-0.3, -0.25) is 13.9 Å². The number of ether oxygens (including phenoxy) is 2. The van der Waals surface area contributed by atoms with Crippen molar-refractivity contribution in [1.29, 1.82) is 0 Å². The number of nitrogens with zero attached hydrogens (tertiary/aromatic N) is 2. The van der Waals surface area contributed by atoms with E-state index in [9.17, 15) is 18.0 Å². The summed E-state index contributed by atoms with van der Waals surface area (Å²) in [4.78, 5) is 28.9. The fraction of sp³-hybridized carbons (Fsp3) is 0.375. The number of halogens is 2. The molecule has 1 fully saturated rings. The molecular formula is C32H37Cl2N3O6S. The molecule has 3 aromatic rings. The molecule has 44 heavy (non-hydrogen) atoms. The molecule has 1 atom stereocenters. The Hall–Kier alpha value is -3.47. The van der Waals surface area contributed by atoms with Crippen molar-refractivity contribution >= 4 is 50.7 Å². The highest BCUT2D eigenvalue weighted by Gasteiger charge is 2.34. The summed E-state index contributed by atoms with van der Waals surface area (Å²) in [5.74, 6) is -0.332. The van der Waals surface area contributed by atoms with Gasteiger partial charge in [0, 0.05) is 28.7 Å². The standard InChI is InChI=1S/C32H37Cl2N3O6S/c1-22(32(39)35-25-10-5-4-6-11-25)36(20-23-9-7-8-12-28(23)34)31(38)21-37(26-15-13-24(33)14-16-26)44(40,41)27-17-18-29(42-2)30(19-27)43-3/h7-9,12-19,22,25H,4-6,10-11,20-21H2,1-3H3,(H,35,39)/t22-/m1/s1. The lowest BCUT2D eigenvalue weighted by molar-refractivity contribution is -0.139. The third kappa shape index (κ3) is 7.97. The van der Waals surface area contributed by atoms with Crippen LogP contribution in [0, 0.1) is 0 Å². The Morgan fingerprint density at radius 2 is 1.59 bits per heavy atom. The normalized spacial score (nSPS) is 14.4. The molecule has 0 bridgehead atoms. The molecule has 0 heterocycles. The van der Waals surface area contributed by atoms with E-state index < -0.39 is 28.5 Å². The first kappa shape index (κ1) is 33.4. The van der Waals surface area contributed by atoms with Crippen molar-refractivity contribution in [1.82, 2.24) is 10.2 Å². The van der Waals surface area contributed by atoms with Gasteiger partial charge in [-0.15, -0.1) is 0 Å². The van der Waals surface area contributed by atoms with E-state index in [0.717, 1.165) is 36.4 Å². The van der Waals surface area contributed by atoms with E-state index in [1.807, 2.05) is 0 Å². The first-order chi connectivity index (χ1) is 21.0. The minimum absolute atomic E-state index is 0.00260. The van der Waals surface area contributed by atoms with Gasteiger partial charge in [-0.1, -0.05) is 60.7 Å². The predicted molar refractivity (Wildman–Crippen MR) is 172 cm³/mol. The largest absolute Gasteiger partial charge is 0.493 e. The number of hydrogen-bond donors (Lipinski definition) is 1. The van der Waals surface area contributed by atoms with Gasteiger partial charge >= 0.3 is 0 Å². The van der Waals surface area contributed by atoms with Gasteiger partial charge < -0.3 is 19.7 Å². The first-order valence-corrected chi connectivity index (χ1v) is 16.6. The van der Waals surface area contributed by atoms with E-state index in [2.05, 4.69) is 5.32 Å². The number of carbonyl (C=O) groups excluding carboxylic acids is 2. The Labute approximate surface area is 269 Å². The van der Waals surface area contributed by atoms with E-state index in [-0.39, 0.29) is 34.8 Å². The van der Waals surface area contributed by atoms with Crippen LogP contribution in [-0.4, -0.2) is 58.0 Å². The van der Waals surface area contributed by atoms with Gasteiger partial charge in [0.25, 0.3) is 10.0 Å². The lowest BCUT2D eigenvalue weighted by Gasteiger charge is -2.33. The maximum atomic E-state index is 14.2. The Kier molecular flexibility index (Phi) is 11.4. The van der Waals surface area contributed by atoms with E-state index in [4.69, 9.17) is 32.7 Å². The second kappa shape index (κ2) is 15.0. The quantitative estimate of drug-likeness (QED) is 0.253. The molecule has 4 rings (SSSR count). The summed E-state index contributed by atoms with van der Waals surface area (Å²) in [6, 6.07) is 16.5. The molecule has 0 aliphatic heterocycles. The van der Waals surface area contributed by atoms with Crippen LogP contribution in [0.2, 0.25) is 10.0 Å². The summed E-state index contributed by atoms with van der Waals surface area (Å²) in [6.07, 6.45) is 4.96. The van der Waals surface area contributed by atoms with Crippen LogP contribution in [0.4, 0.5) is 5.69 Å². The van der Waals surface area contributed by atoms with E-state index in [0.29, 0.717) is 21.4 Å².